The van der Waals surface area contributed by atoms with Gasteiger partial charge in [0.2, 0.25) is 0 Å². The minimum Gasteiger partial charge on any atom is -0.350 e. The van der Waals surface area contributed by atoms with Crippen molar-refractivity contribution in [3.63, 3.8) is 0 Å². The van der Waals surface area contributed by atoms with Crippen LogP contribution in [0.2, 0.25) is 0 Å². The summed E-state index contributed by atoms with van der Waals surface area (Å²) in [5.41, 5.74) is 1.37. The van der Waals surface area contributed by atoms with Crippen molar-refractivity contribution < 1.29 is 4.79 Å². The van der Waals surface area contributed by atoms with E-state index in [1.165, 1.54) is 19.3 Å². The molecule has 1 aromatic heterocycles. The molecule has 1 fully saturated rings. The lowest BCUT2D eigenvalue weighted by Crippen LogP contribution is -2.31. The smallest absolute Gasteiger partial charge is 0.273 e. The van der Waals surface area contributed by atoms with Crippen LogP contribution in [-0.4, -0.2) is 40.5 Å². The lowest BCUT2D eigenvalue weighted by Gasteiger charge is -2.23. The summed E-state index contributed by atoms with van der Waals surface area (Å²) in [5, 5.41) is 14.8. The van der Waals surface area contributed by atoms with Crippen molar-refractivity contribution in [3.05, 3.63) is 11.4 Å². The lowest BCUT2D eigenvalue weighted by atomic mass is 9.99. The number of amides is 1. The van der Waals surface area contributed by atoms with Gasteiger partial charge in [0, 0.05) is 6.54 Å². The minimum atomic E-state index is -0.0855. The van der Waals surface area contributed by atoms with Crippen LogP contribution in [0.3, 0.4) is 0 Å². The Labute approximate surface area is 139 Å². The normalized spacial score (nSPS) is 17.2. The van der Waals surface area contributed by atoms with Gasteiger partial charge in [0.15, 0.2) is 5.69 Å². The highest BCUT2D eigenvalue weighted by molar-refractivity contribution is 5.93. The highest BCUT2D eigenvalue weighted by atomic mass is 16.2. The number of aromatic nitrogens is 3. The van der Waals surface area contributed by atoms with E-state index in [9.17, 15) is 4.79 Å². The SMILES string of the molecule is CCCCC(CC)CNC(=O)c1nnn(C2CCNCC2)c1C. The van der Waals surface area contributed by atoms with Crippen LogP contribution in [0.15, 0.2) is 0 Å². The Morgan fingerprint density at radius 3 is 2.78 bits per heavy atom. The van der Waals surface area contributed by atoms with Crippen molar-refractivity contribution in [2.75, 3.05) is 19.6 Å². The van der Waals surface area contributed by atoms with Gasteiger partial charge < -0.3 is 10.6 Å². The number of carbonyl (C=O) groups excluding carboxylic acids is 1. The van der Waals surface area contributed by atoms with Crippen LogP contribution in [0.1, 0.15) is 74.6 Å². The van der Waals surface area contributed by atoms with E-state index < -0.39 is 0 Å². The zero-order chi connectivity index (χ0) is 16.7. The van der Waals surface area contributed by atoms with Gasteiger partial charge >= 0.3 is 0 Å². The third-order valence-electron chi connectivity index (χ3n) is 4.89. The molecule has 0 aromatic carbocycles. The van der Waals surface area contributed by atoms with E-state index >= 15 is 0 Å². The zero-order valence-corrected chi connectivity index (χ0v) is 14.8. The van der Waals surface area contributed by atoms with Gasteiger partial charge in [0.1, 0.15) is 0 Å². The van der Waals surface area contributed by atoms with Gasteiger partial charge in [0.05, 0.1) is 11.7 Å². The first kappa shape index (κ1) is 17.9. The monoisotopic (exact) mass is 321 g/mol. The average molecular weight is 321 g/mol. The molecule has 23 heavy (non-hydrogen) atoms. The summed E-state index contributed by atoms with van der Waals surface area (Å²) >= 11 is 0. The fourth-order valence-electron chi connectivity index (χ4n) is 3.21. The Morgan fingerprint density at radius 2 is 2.13 bits per heavy atom. The first-order chi connectivity index (χ1) is 11.2. The summed E-state index contributed by atoms with van der Waals surface area (Å²) in [6, 6.07) is 0.359. The van der Waals surface area contributed by atoms with Crippen LogP contribution in [0, 0.1) is 12.8 Å². The molecule has 0 bridgehead atoms. The summed E-state index contributed by atoms with van der Waals surface area (Å²) in [5.74, 6) is 0.469. The van der Waals surface area contributed by atoms with E-state index in [0.29, 0.717) is 17.7 Å². The molecule has 6 heteroatoms. The standard InChI is InChI=1S/C17H31N5O/c1-4-6-7-14(5-2)12-19-17(23)16-13(3)22(21-20-16)15-8-10-18-11-9-15/h14-15,18H,4-12H2,1-3H3,(H,19,23). The lowest BCUT2D eigenvalue weighted by molar-refractivity contribution is 0.0940. The Bertz CT molecular complexity index is 493. The van der Waals surface area contributed by atoms with Gasteiger partial charge in [-0.2, -0.15) is 0 Å². The zero-order valence-electron chi connectivity index (χ0n) is 14.8. The molecule has 1 aromatic rings. The van der Waals surface area contributed by atoms with E-state index in [1.807, 2.05) is 11.6 Å². The Morgan fingerprint density at radius 1 is 1.39 bits per heavy atom. The maximum Gasteiger partial charge on any atom is 0.273 e. The van der Waals surface area contributed by atoms with Crippen molar-refractivity contribution in [3.8, 4) is 0 Å². The molecular formula is C17H31N5O. The van der Waals surface area contributed by atoms with Crippen molar-refractivity contribution in [2.24, 2.45) is 5.92 Å². The molecule has 2 heterocycles. The highest BCUT2D eigenvalue weighted by Gasteiger charge is 2.23. The molecule has 2 rings (SSSR count). The molecule has 1 atom stereocenters. The van der Waals surface area contributed by atoms with Crippen molar-refractivity contribution >= 4 is 5.91 Å². The number of piperidine rings is 1. The van der Waals surface area contributed by atoms with Crippen LogP contribution >= 0.6 is 0 Å². The maximum absolute atomic E-state index is 12.4. The van der Waals surface area contributed by atoms with Gasteiger partial charge in [-0.3, -0.25) is 4.79 Å². The second-order valence-corrected chi connectivity index (χ2v) is 6.58. The quantitative estimate of drug-likeness (QED) is 0.771. The van der Waals surface area contributed by atoms with Crippen LogP contribution in [0.4, 0.5) is 0 Å². The van der Waals surface area contributed by atoms with Gasteiger partial charge in [-0.1, -0.05) is 38.3 Å². The molecule has 130 valence electrons. The van der Waals surface area contributed by atoms with Crippen LogP contribution in [0.25, 0.3) is 0 Å². The molecular weight excluding hydrogens is 290 g/mol. The van der Waals surface area contributed by atoms with Crippen molar-refractivity contribution in [1.82, 2.24) is 25.6 Å². The van der Waals surface area contributed by atoms with Gasteiger partial charge in [-0.25, -0.2) is 4.68 Å². The van der Waals surface area contributed by atoms with Crippen molar-refractivity contribution in [1.29, 1.82) is 0 Å². The molecule has 0 radical (unpaired) electrons. The first-order valence-corrected chi connectivity index (χ1v) is 9.08. The number of nitrogens with one attached hydrogen (secondary N) is 2. The van der Waals surface area contributed by atoms with E-state index in [-0.39, 0.29) is 5.91 Å². The first-order valence-electron chi connectivity index (χ1n) is 9.08. The summed E-state index contributed by atoms with van der Waals surface area (Å²) < 4.78 is 1.93. The number of unbranched alkanes of at least 4 members (excludes halogenated alkanes) is 1. The van der Waals surface area contributed by atoms with E-state index in [4.69, 9.17) is 0 Å². The predicted molar refractivity (Wildman–Crippen MR) is 91.5 cm³/mol. The van der Waals surface area contributed by atoms with Crippen LogP contribution < -0.4 is 10.6 Å². The van der Waals surface area contributed by atoms with E-state index in [0.717, 1.165) is 44.6 Å². The molecule has 1 amide bonds. The fraction of sp³-hybridized carbons (Fsp3) is 0.824. The Kier molecular flexibility index (Phi) is 7.02. The largest absolute Gasteiger partial charge is 0.350 e. The summed E-state index contributed by atoms with van der Waals surface area (Å²) in [6.07, 6.45) is 6.78. The number of nitrogens with zero attached hydrogens (tertiary/aromatic N) is 3. The fourth-order valence-corrected chi connectivity index (χ4v) is 3.21. The van der Waals surface area contributed by atoms with E-state index in [1.54, 1.807) is 0 Å². The summed E-state index contributed by atoms with van der Waals surface area (Å²) in [4.78, 5) is 12.4. The molecule has 0 spiro atoms. The predicted octanol–water partition coefficient (Wildman–Crippen LogP) is 2.46. The average Bonchev–Trinajstić information content (AvgIpc) is 2.97. The second-order valence-electron chi connectivity index (χ2n) is 6.58. The van der Waals surface area contributed by atoms with Gasteiger partial charge in [-0.15, -0.1) is 5.10 Å². The molecule has 1 saturated heterocycles. The van der Waals surface area contributed by atoms with Crippen molar-refractivity contribution in [2.45, 2.75) is 65.3 Å². The molecule has 0 aliphatic carbocycles. The topological polar surface area (TPSA) is 71.8 Å². The van der Waals surface area contributed by atoms with Gasteiger partial charge in [0.25, 0.3) is 5.91 Å². The minimum absolute atomic E-state index is 0.0855. The van der Waals surface area contributed by atoms with Crippen LogP contribution in [-0.2, 0) is 0 Å². The third-order valence-corrected chi connectivity index (χ3v) is 4.89. The molecule has 1 aliphatic heterocycles. The molecule has 2 N–H and O–H groups in total. The van der Waals surface area contributed by atoms with Gasteiger partial charge in [-0.05, 0) is 45.2 Å². The molecule has 6 nitrogen and oxygen atoms in total. The number of hydrogen-bond acceptors (Lipinski definition) is 4. The highest BCUT2D eigenvalue weighted by Crippen LogP contribution is 2.20. The molecule has 1 aliphatic rings. The maximum atomic E-state index is 12.4. The Hall–Kier alpha value is -1.43. The van der Waals surface area contributed by atoms with Crippen LogP contribution in [0.5, 0.6) is 0 Å². The number of rotatable bonds is 8. The van der Waals surface area contributed by atoms with E-state index in [2.05, 4.69) is 34.8 Å². The molecule has 0 saturated carbocycles. The summed E-state index contributed by atoms with van der Waals surface area (Å²) in [7, 11) is 0. The number of hydrogen-bond donors (Lipinski definition) is 2. The number of carbonyl (C=O) groups is 1. The Balaban J connectivity index is 1.93. The second kappa shape index (κ2) is 9.01. The molecule has 1 unspecified atom stereocenters. The summed E-state index contributed by atoms with van der Waals surface area (Å²) in [6.45, 7) is 9.07. The third kappa shape index (κ3) is 4.77.